The maximum absolute atomic E-state index is 13.0. The zero-order valence-electron chi connectivity index (χ0n) is 13.3. The van der Waals surface area contributed by atoms with Crippen LogP contribution in [0.15, 0.2) is 24.3 Å². The van der Waals surface area contributed by atoms with Gasteiger partial charge in [0.25, 0.3) is 0 Å². The van der Waals surface area contributed by atoms with Crippen LogP contribution in [0.1, 0.15) is 37.8 Å². The van der Waals surface area contributed by atoms with E-state index in [4.69, 9.17) is 4.74 Å². The average molecular weight is 299 g/mol. The molecular formula is C18H21NO3. The Balaban J connectivity index is 1.70. The first-order valence-electron chi connectivity index (χ1n) is 7.96. The second-order valence-corrected chi connectivity index (χ2v) is 7.28. The Morgan fingerprint density at radius 3 is 2.05 bits per heavy atom. The van der Waals surface area contributed by atoms with E-state index in [2.05, 4.69) is 0 Å². The number of likely N-dealkylation sites (tertiary alicyclic amines) is 1. The minimum Gasteiger partial charge on any atom is -0.373 e. The molecule has 0 spiro atoms. The normalized spacial score (nSPS) is 39.7. The molecule has 0 saturated carbocycles. The van der Waals surface area contributed by atoms with Gasteiger partial charge in [-0.05, 0) is 39.2 Å². The van der Waals surface area contributed by atoms with Gasteiger partial charge in [0.05, 0.1) is 29.6 Å². The van der Waals surface area contributed by atoms with Crippen LogP contribution in [0.5, 0.6) is 0 Å². The third-order valence-corrected chi connectivity index (χ3v) is 6.23. The number of hydrogen-bond donors (Lipinski definition) is 0. The fourth-order valence-electron chi connectivity index (χ4n) is 4.55. The van der Waals surface area contributed by atoms with Crippen LogP contribution in [0, 0.1) is 17.8 Å². The predicted octanol–water partition coefficient (Wildman–Crippen LogP) is 2.44. The van der Waals surface area contributed by atoms with Gasteiger partial charge in [0.15, 0.2) is 0 Å². The zero-order valence-corrected chi connectivity index (χ0v) is 13.3. The lowest BCUT2D eigenvalue weighted by Crippen LogP contribution is -2.48. The van der Waals surface area contributed by atoms with Gasteiger partial charge < -0.3 is 4.74 Å². The van der Waals surface area contributed by atoms with Crippen molar-refractivity contribution in [2.24, 2.45) is 10.8 Å². The van der Waals surface area contributed by atoms with Gasteiger partial charge in [0, 0.05) is 0 Å². The quantitative estimate of drug-likeness (QED) is 0.788. The number of rotatable bonds is 2. The van der Waals surface area contributed by atoms with Crippen LogP contribution >= 0.6 is 0 Å². The summed E-state index contributed by atoms with van der Waals surface area (Å²) in [6.07, 6.45) is 1.55. The van der Waals surface area contributed by atoms with E-state index >= 15 is 0 Å². The molecule has 22 heavy (non-hydrogen) atoms. The Bertz CT molecular complexity index is 633. The molecule has 0 unspecified atom stereocenters. The molecule has 0 aliphatic carbocycles. The topological polar surface area (TPSA) is 46.6 Å². The van der Waals surface area contributed by atoms with Crippen molar-refractivity contribution in [3.8, 4) is 0 Å². The van der Waals surface area contributed by atoms with E-state index in [1.54, 1.807) is 0 Å². The summed E-state index contributed by atoms with van der Waals surface area (Å²) < 4.78 is 5.93. The molecule has 1 aromatic rings. The number of carbonyl (C=O) groups is 2. The molecule has 2 amide bonds. The maximum Gasteiger partial charge on any atom is 0.239 e. The van der Waals surface area contributed by atoms with E-state index in [0.29, 0.717) is 6.54 Å². The van der Waals surface area contributed by atoms with Gasteiger partial charge in [0.1, 0.15) is 0 Å². The van der Waals surface area contributed by atoms with Gasteiger partial charge >= 0.3 is 0 Å². The summed E-state index contributed by atoms with van der Waals surface area (Å²) in [4.78, 5) is 27.5. The van der Waals surface area contributed by atoms with Crippen molar-refractivity contribution in [3.05, 3.63) is 35.4 Å². The minimum absolute atomic E-state index is 0.0622. The molecule has 4 rings (SSSR count). The highest BCUT2D eigenvalue weighted by Gasteiger charge is 2.76. The van der Waals surface area contributed by atoms with Gasteiger partial charge in [-0.2, -0.15) is 0 Å². The van der Waals surface area contributed by atoms with Crippen LogP contribution in [0.25, 0.3) is 0 Å². The van der Waals surface area contributed by atoms with Crippen LogP contribution < -0.4 is 0 Å². The molecule has 1 aromatic carbocycles. The first kappa shape index (κ1) is 13.9. The lowest BCUT2D eigenvalue weighted by atomic mass is 9.59. The fraction of sp³-hybridized carbons (Fsp3) is 0.556. The van der Waals surface area contributed by atoms with Gasteiger partial charge in [-0.25, -0.2) is 0 Å². The molecule has 116 valence electrons. The van der Waals surface area contributed by atoms with Gasteiger partial charge in [-0.1, -0.05) is 29.8 Å². The number of hydrogen-bond acceptors (Lipinski definition) is 3. The zero-order chi connectivity index (χ0) is 15.7. The molecule has 4 atom stereocenters. The standard InChI is InChI=1S/C18H21NO3/c1-11-4-6-12(7-5-11)10-19-15(20)17(2)13-8-9-14(22-13)18(17,3)16(19)21/h4-7,13-14H,8-10H2,1-3H3/t13-,14+,17+,18-. The summed E-state index contributed by atoms with van der Waals surface area (Å²) in [5.41, 5.74) is 0.771. The molecule has 0 N–H and O–H groups in total. The first-order chi connectivity index (χ1) is 10.4. The molecule has 4 nitrogen and oxygen atoms in total. The average Bonchev–Trinajstić information content (AvgIpc) is 3.11. The second-order valence-electron chi connectivity index (χ2n) is 7.28. The van der Waals surface area contributed by atoms with E-state index in [9.17, 15) is 9.59 Å². The van der Waals surface area contributed by atoms with Crippen LogP contribution in [0.2, 0.25) is 0 Å². The van der Waals surface area contributed by atoms with E-state index in [-0.39, 0.29) is 24.0 Å². The highest BCUT2D eigenvalue weighted by molar-refractivity contribution is 6.10. The van der Waals surface area contributed by atoms with Crippen molar-refractivity contribution in [2.75, 3.05) is 0 Å². The predicted molar refractivity (Wildman–Crippen MR) is 80.8 cm³/mol. The molecule has 4 heteroatoms. The molecule has 3 fully saturated rings. The first-order valence-corrected chi connectivity index (χ1v) is 7.96. The summed E-state index contributed by atoms with van der Waals surface area (Å²) in [5, 5.41) is 0. The molecule has 0 radical (unpaired) electrons. The van der Waals surface area contributed by atoms with Crippen molar-refractivity contribution < 1.29 is 14.3 Å². The van der Waals surface area contributed by atoms with E-state index in [1.807, 2.05) is 45.0 Å². The minimum atomic E-state index is -0.697. The number of carbonyl (C=O) groups excluding carboxylic acids is 2. The Kier molecular flexibility index (Phi) is 2.66. The number of ether oxygens (including phenoxy) is 1. The number of imide groups is 1. The number of nitrogens with zero attached hydrogens (tertiary/aromatic N) is 1. The van der Waals surface area contributed by atoms with Crippen LogP contribution in [-0.4, -0.2) is 28.9 Å². The lowest BCUT2D eigenvalue weighted by Gasteiger charge is -2.36. The summed E-state index contributed by atoms with van der Waals surface area (Å²) in [7, 11) is 0. The van der Waals surface area contributed by atoms with Gasteiger partial charge in [0.2, 0.25) is 11.8 Å². The Hall–Kier alpha value is -1.68. The number of aryl methyl sites for hydroxylation is 1. The molecule has 2 bridgehead atoms. The van der Waals surface area contributed by atoms with Crippen molar-refractivity contribution in [1.82, 2.24) is 4.90 Å². The maximum atomic E-state index is 13.0. The third-order valence-electron chi connectivity index (χ3n) is 6.23. The van der Waals surface area contributed by atoms with E-state index in [1.165, 1.54) is 10.5 Å². The Labute approximate surface area is 130 Å². The summed E-state index contributed by atoms with van der Waals surface area (Å²) in [6.45, 7) is 6.23. The largest absolute Gasteiger partial charge is 0.373 e. The number of benzene rings is 1. The molecule has 3 aliphatic rings. The van der Waals surface area contributed by atoms with Crippen molar-refractivity contribution >= 4 is 11.8 Å². The third kappa shape index (κ3) is 1.42. The smallest absolute Gasteiger partial charge is 0.239 e. The summed E-state index contributed by atoms with van der Waals surface area (Å²) in [5.74, 6) is -0.124. The van der Waals surface area contributed by atoms with Gasteiger partial charge in [-0.3, -0.25) is 14.5 Å². The summed E-state index contributed by atoms with van der Waals surface area (Å²) >= 11 is 0. The molecular weight excluding hydrogens is 278 g/mol. The fourth-order valence-corrected chi connectivity index (χ4v) is 4.55. The second kappa shape index (κ2) is 4.19. The highest BCUT2D eigenvalue weighted by Crippen LogP contribution is 2.64. The van der Waals surface area contributed by atoms with Crippen LogP contribution in [0.4, 0.5) is 0 Å². The SMILES string of the molecule is Cc1ccc(CN2C(=O)[C@@]3(C)[C@@H]4CC[C@@H](O4)[C@@]3(C)C2=O)cc1. The Morgan fingerprint density at radius 1 is 1.05 bits per heavy atom. The monoisotopic (exact) mass is 299 g/mol. The van der Waals surface area contributed by atoms with Crippen LogP contribution in [0.3, 0.4) is 0 Å². The highest BCUT2D eigenvalue weighted by atomic mass is 16.5. The lowest BCUT2D eigenvalue weighted by molar-refractivity contribution is -0.145. The molecule has 3 saturated heterocycles. The van der Waals surface area contributed by atoms with E-state index in [0.717, 1.165) is 18.4 Å². The van der Waals surface area contributed by atoms with Crippen molar-refractivity contribution in [1.29, 1.82) is 0 Å². The van der Waals surface area contributed by atoms with E-state index < -0.39 is 10.8 Å². The van der Waals surface area contributed by atoms with Crippen molar-refractivity contribution in [3.63, 3.8) is 0 Å². The number of amides is 2. The summed E-state index contributed by atoms with van der Waals surface area (Å²) in [6, 6.07) is 7.99. The number of fused-ring (bicyclic) bond motifs is 5. The molecule has 3 aliphatic heterocycles. The molecule has 3 heterocycles. The van der Waals surface area contributed by atoms with Gasteiger partial charge in [-0.15, -0.1) is 0 Å². The van der Waals surface area contributed by atoms with Crippen molar-refractivity contribution in [2.45, 2.75) is 52.4 Å². The molecule has 0 aromatic heterocycles. The van der Waals surface area contributed by atoms with Crippen LogP contribution in [-0.2, 0) is 20.9 Å². The Morgan fingerprint density at radius 2 is 1.55 bits per heavy atom.